The lowest BCUT2D eigenvalue weighted by molar-refractivity contribution is -0.151. The summed E-state index contributed by atoms with van der Waals surface area (Å²) in [5.74, 6) is -2.62. The van der Waals surface area contributed by atoms with Gasteiger partial charge in [0.2, 0.25) is 5.91 Å². The van der Waals surface area contributed by atoms with E-state index in [1.165, 1.54) is 18.7 Å². The topological polar surface area (TPSA) is 139 Å². The van der Waals surface area contributed by atoms with E-state index in [-0.39, 0.29) is 18.1 Å². The highest BCUT2D eigenvalue weighted by molar-refractivity contribution is 8.00. The summed E-state index contributed by atoms with van der Waals surface area (Å²) in [6.07, 6.45) is 0. The van der Waals surface area contributed by atoms with Gasteiger partial charge in [-0.2, -0.15) is 0 Å². The fourth-order valence-electron chi connectivity index (χ4n) is 3.66. The van der Waals surface area contributed by atoms with Gasteiger partial charge < -0.3 is 20.9 Å². The van der Waals surface area contributed by atoms with E-state index in [4.69, 9.17) is 10.5 Å². The first-order chi connectivity index (χ1) is 14.8. The number of amides is 2. The second kappa shape index (κ2) is 8.33. The molecule has 2 aliphatic heterocycles. The number of benzene rings is 1. The number of β-lactam (4-membered cyclic amide) rings is 1. The molecule has 1 saturated heterocycles. The zero-order valence-electron chi connectivity index (χ0n) is 16.4. The van der Waals surface area contributed by atoms with Gasteiger partial charge in [0.1, 0.15) is 29.8 Å². The van der Waals surface area contributed by atoms with E-state index < -0.39 is 41.2 Å². The van der Waals surface area contributed by atoms with Crippen molar-refractivity contribution in [3.8, 4) is 0 Å². The summed E-state index contributed by atoms with van der Waals surface area (Å²) in [6.45, 7) is 1.02. The molecule has 9 nitrogen and oxygen atoms in total. The fraction of sp³-hybridized carbons (Fsp3) is 0.300. The lowest BCUT2D eigenvalue weighted by Gasteiger charge is -2.49. The van der Waals surface area contributed by atoms with E-state index in [2.05, 4.69) is 5.32 Å². The predicted octanol–water partition coefficient (Wildman–Crippen LogP) is 1.20. The summed E-state index contributed by atoms with van der Waals surface area (Å²) in [4.78, 5) is 49.5. The molecule has 3 atom stereocenters. The number of esters is 1. The van der Waals surface area contributed by atoms with Crippen LogP contribution >= 0.6 is 23.1 Å². The van der Waals surface area contributed by atoms with Gasteiger partial charge in [0.15, 0.2) is 0 Å². The number of hydrogen-bond acceptors (Lipinski definition) is 8. The molecule has 1 aromatic carbocycles. The van der Waals surface area contributed by atoms with Gasteiger partial charge in [-0.3, -0.25) is 19.3 Å². The van der Waals surface area contributed by atoms with Crippen molar-refractivity contribution in [3.63, 3.8) is 0 Å². The van der Waals surface area contributed by atoms with Crippen LogP contribution in [-0.2, 0) is 23.9 Å². The number of thioether (sulfide) groups is 1. The third-order valence-corrected chi connectivity index (χ3v) is 7.37. The molecule has 0 saturated carbocycles. The summed E-state index contributed by atoms with van der Waals surface area (Å²) < 4.78 is 5.91. The lowest BCUT2D eigenvalue weighted by atomic mass is 10.00. The number of rotatable bonds is 6. The molecule has 0 bridgehead atoms. The van der Waals surface area contributed by atoms with Gasteiger partial charge in [0, 0.05) is 22.9 Å². The number of carbonyl (C=O) groups excluding carboxylic acids is 3. The third kappa shape index (κ3) is 3.80. The molecule has 3 heterocycles. The number of fused-ring (bicyclic) bond motifs is 2. The van der Waals surface area contributed by atoms with Crippen LogP contribution in [0.4, 0.5) is 0 Å². The average Bonchev–Trinajstić information content (AvgIpc) is 3.23. The van der Waals surface area contributed by atoms with Crippen LogP contribution in [0, 0.1) is 0 Å². The molecule has 0 aliphatic carbocycles. The highest BCUT2D eigenvalue weighted by Crippen LogP contribution is 2.40. The Bertz CT molecular complexity index is 1130. The second-order valence-corrected chi connectivity index (χ2v) is 9.14. The number of ether oxygens (including phenoxy) is 1. The first kappa shape index (κ1) is 21.3. The van der Waals surface area contributed by atoms with Crippen LogP contribution in [0.25, 0.3) is 10.1 Å². The monoisotopic (exact) mass is 461 g/mol. The van der Waals surface area contributed by atoms with Crippen molar-refractivity contribution in [2.75, 3.05) is 12.4 Å². The zero-order chi connectivity index (χ0) is 22.3. The molecule has 4 N–H and O–H groups in total. The van der Waals surface area contributed by atoms with E-state index in [0.29, 0.717) is 11.1 Å². The molecule has 2 aliphatic rings. The minimum atomic E-state index is -1.29. The number of hydrogen-bond donors (Lipinski definition) is 3. The van der Waals surface area contributed by atoms with Crippen molar-refractivity contribution < 1.29 is 29.0 Å². The first-order valence-corrected chi connectivity index (χ1v) is 11.3. The largest absolute Gasteiger partial charge is 0.477 e. The highest BCUT2D eigenvalue weighted by atomic mass is 32.2. The zero-order valence-corrected chi connectivity index (χ0v) is 18.0. The van der Waals surface area contributed by atoms with Gasteiger partial charge >= 0.3 is 11.9 Å². The highest BCUT2D eigenvalue weighted by Gasteiger charge is 2.54. The number of carboxylic acids is 1. The molecular weight excluding hydrogens is 442 g/mol. The van der Waals surface area contributed by atoms with E-state index in [1.54, 1.807) is 17.4 Å². The number of nitrogens with zero attached hydrogens (tertiary/aromatic N) is 1. The standard InChI is InChI=1S/C20H19N3O6S2/c1-9(24)29-7-10-8-31-19-15(18(26)23(19)16(10)20(27)28)22-17(25)14(21)12-3-2-4-13-11(12)5-6-30-13/h2-6,14-15,19H,7-8,21H2,1H3,(H,22,25)(H,27,28)/t14?,15-,19+/m1/s1. The Morgan fingerprint density at radius 1 is 1.35 bits per heavy atom. The number of nitrogens with one attached hydrogen (secondary N) is 1. The molecule has 162 valence electrons. The summed E-state index contributed by atoms with van der Waals surface area (Å²) in [6, 6.07) is 5.58. The van der Waals surface area contributed by atoms with E-state index >= 15 is 0 Å². The first-order valence-electron chi connectivity index (χ1n) is 9.35. The quantitative estimate of drug-likeness (QED) is 0.431. The Morgan fingerprint density at radius 3 is 2.84 bits per heavy atom. The molecule has 0 radical (unpaired) electrons. The summed E-state index contributed by atoms with van der Waals surface area (Å²) >= 11 is 2.84. The van der Waals surface area contributed by atoms with Gasteiger partial charge in [-0.05, 0) is 28.5 Å². The minimum Gasteiger partial charge on any atom is -0.477 e. The number of nitrogens with two attached hydrogens (primary N) is 1. The molecule has 11 heteroatoms. The van der Waals surface area contributed by atoms with Gasteiger partial charge in [-0.25, -0.2) is 4.79 Å². The van der Waals surface area contributed by atoms with Crippen molar-refractivity contribution in [3.05, 3.63) is 46.5 Å². The minimum absolute atomic E-state index is 0.201. The van der Waals surface area contributed by atoms with Crippen LogP contribution in [0.5, 0.6) is 0 Å². The normalized spacial score (nSPS) is 21.4. The van der Waals surface area contributed by atoms with Crippen LogP contribution in [0.1, 0.15) is 18.5 Å². The van der Waals surface area contributed by atoms with Crippen LogP contribution in [0.15, 0.2) is 40.9 Å². The van der Waals surface area contributed by atoms with Crippen LogP contribution in [-0.4, -0.2) is 57.5 Å². The molecule has 1 unspecified atom stereocenters. The third-order valence-electron chi connectivity index (χ3n) is 5.14. The number of carboxylic acid groups (broad SMARTS) is 1. The van der Waals surface area contributed by atoms with Crippen LogP contribution in [0.3, 0.4) is 0 Å². The van der Waals surface area contributed by atoms with Gasteiger partial charge in [-0.1, -0.05) is 12.1 Å². The summed E-state index contributed by atoms with van der Waals surface area (Å²) in [5.41, 5.74) is 6.97. The maximum Gasteiger partial charge on any atom is 0.352 e. The van der Waals surface area contributed by atoms with Gasteiger partial charge in [0.25, 0.3) is 5.91 Å². The summed E-state index contributed by atoms with van der Waals surface area (Å²) in [7, 11) is 0. The second-order valence-electron chi connectivity index (χ2n) is 7.09. The lowest BCUT2D eigenvalue weighted by Crippen LogP contribution is -2.71. The molecule has 1 aromatic heterocycles. The van der Waals surface area contributed by atoms with Crippen LogP contribution in [0.2, 0.25) is 0 Å². The number of aliphatic carboxylic acids is 1. The van der Waals surface area contributed by atoms with Crippen molar-refractivity contribution >= 4 is 56.9 Å². The van der Waals surface area contributed by atoms with E-state index in [0.717, 1.165) is 15.0 Å². The number of carbonyl (C=O) groups is 4. The number of thiophene rings is 1. The molecule has 0 spiro atoms. The van der Waals surface area contributed by atoms with E-state index in [9.17, 15) is 24.3 Å². The van der Waals surface area contributed by atoms with E-state index in [1.807, 2.05) is 23.6 Å². The Kier molecular flexibility index (Phi) is 5.73. The van der Waals surface area contributed by atoms with Crippen molar-refractivity contribution in [1.29, 1.82) is 0 Å². The molecular formula is C20H19N3O6S2. The predicted molar refractivity (Wildman–Crippen MR) is 115 cm³/mol. The van der Waals surface area contributed by atoms with Gasteiger partial charge in [-0.15, -0.1) is 23.1 Å². The molecule has 1 fully saturated rings. The summed E-state index contributed by atoms with van der Waals surface area (Å²) in [5, 5.41) is 14.5. The fourth-order valence-corrected chi connectivity index (χ4v) is 5.80. The maximum atomic E-state index is 12.8. The van der Waals surface area contributed by atoms with Crippen LogP contribution < -0.4 is 11.1 Å². The molecule has 2 amide bonds. The van der Waals surface area contributed by atoms with Crippen molar-refractivity contribution in [2.45, 2.75) is 24.4 Å². The SMILES string of the molecule is CC(=O)OCC1=C(C(=O)O)N2C(=O)[C@@H](NC(=O)C(N)c3cccc4sccc34)[C@@H]2SC1. The molecule has 4 rings (SSSR count). The van der Waals surface area contributed by atoms with Gasteiger partial charge in [0.05, 0.1) is 0 Å². The average molecular weight is 462 g/mol. The maximum absolute atomic E-state index is 12.8. The smallest absolute Gasteiger partial charge is 0.352 e. The molecule has 31 heavy (non-hydrogen) atoms. The Balaban J connectivity index is 1.50. The Morgan fingerprint density at radius 2 is 2.13 bits per heavy atom. The Labute approximate surface area is 185 Å². The van der Waals surface area contributed by atoms with Crippen molar-refractivity contribution in [1.82, 2.24) is 10.2 Å². The van der Waals surface area contributed by atoms with Crippen molar-refractivity contribution in [2.24, 2.45) is 5.73 Å². The molecule has 2 aromatic rings. The Hall–Kier alpha value is -2.89.